The van der Waals surface area contributed by atoms with Crippen LogP contribution in [0.25, 0.3) is 0 Å². The molecule has 2 atom stereocenters. The maximum atomic E-state index is 12.5. The van der Waals surface area contributed by atoms with Gasteiger partial charge in [-0.3, -0.25) is 18.6 Å². The number of phosphoric acid groups is 1. The van der Waals surface area contributed by atoms with Gasteiger partial charge >= 0.3 is 19.8 Å². The summed E-state index contributed by atoms with van der Waals surface area (Å²) in [6.07, 6.45) is 38.3. The molecule has 0 aromatic carbocycles. The van der Waals surface area contributed by atoms with E-state index in [1.165, 1.54) is 128 Å². The summed E-state index contributed by atoms with van der Waals surface area (Å²) in [5, 5.41) is 0. The van der Waals surface area contributed by atoms with E-state index in [9.17, 15) is 19.0 Å². The lowest BCUT2D eigenvalue weighted by Gasteiger charge is -2.19. The van der Waals surface area contributed by atoms with E-state index in [2.05, 4.69) is 19.6 Å². The first-order valence-electron chi connectivity index (χ1n) is 20.8. The van der Waals surface area contributed by atoms with Crippen LogP contribution in [0, 0.1) is 0 Å². The van der Waals surface area contributed by atoms with Crippen molar-refractivity contribution in [2.24, 2.45) is 5.73 Å². The first-order chi connectivity index (χ1) is 24.8. The lowest BCUT2D eigenvalue weighted by atomic mass is 10.0. The van der Waals surface area contributed by atoms with E-state index in [0.717, 1.165) is 38.5 Å². The van der Waals surface area contributed by atoms with Gasteiger partial charge in [0.2, 0.25) is 0 Å². The Morgan fingerprint density at radius 1 is 0.627 bits per heavy atom. The van der Waals surface area contributed by atoms with Crippen LogP contribution in [-0.2, 0) is 32.7 Å². The molecule has 0 fully saturated rings. The lowest BCUT2D eigenvalue weighted by Crippen LogP contribution is -2.29. The van der Waals surface area contributed by atoms with E-state index in [-0.39, 0.29) is 32.6 Å². The van der Waals surface area contributed by atoms with Gasteiger partial charge in [0.1, 0.15) is 6.61 Å². The molecule has 0 aromatic rings. The number of carbonyl (C=O) groups is 2. The predicted octanol–water partition coefficient (Wildman–Crippen LogP) is 11.6. The van der Waals surface area contributed by atoms with Gasteiger partial charge in [-0.15, -0.1) is 6.58 Å². The molecule has 0 spiro atoms. The van der Waals surface area contributed by atoms with Gasteiger partial charge in [-0.1, -0.05) is 160 Å². The van der Waals surface area contributed by atoms with E-state index in [1.807, 2.05) is 12.2 Å². The Balaban J connectivity index is 4.18. The zero-order valence-electron chi connectivity index (χ0n) is 32.7. The Hall–Kier alpha value is -1.51. The van der Waals surface area contributed by atoms with Crippen molar-refractivity contribution >= 4 is 19.8 Å². The largest absolute Gasteiger partial charge is 0.472 e. The molecule has 0 aliphatic heterocycles. The van der Waals surface area contributed by atoms with Gasteiger partial charge in [0.25, 0.3) is 0 Å². The Morgan fingerprint density at radius 3 is 1.61 bits per heavy atom. The number of esters is 2. The molecule has 0 aliphatic carbocycles. The molecule has 0 radical (unpaired) electrons. The Labute approximate surface area is 312 Å². The van der Waals surface area contributed by atoms with Gasteiger partial charge in [-0.25, -0.2) is 4.57 Å². The SMILES string of the molecule is C=CCCCCCCCCCCCCCCCC(=O)OC[C@H](COP(=O)(O)OCCN)OC(=O)CC/C=C/CCCCCCCCCCCCC. The van der Waals surface area contributed by atoms with E-state index in [0.29, 0.717) is 6.42 Å². The number of ether oxygens (including phenoxy) is 2. The van der Waals surface area contributed by atoms with Crippen LogP contribution in [0.4, 0.5) is 0 Å². The highest BCUT2D eigenvalue weighted by Crippen LogP contribution is 2.43. The maximum absolute atomic E-state index is 12.5. The van der Waals surface area contributed by atoms with Crippen LogP contribution in [0.1, 0.15) is 193 Å². The second-order valence-corrected chi connectivity index (χ2v) is 15.4. The summed E-state index contributed by atoms with van der Waals surface area (Å²) in [5.41, 5.74) is 5.34. The topological polar surface area (TPSA) is 134 Å². The highest BCUT2D eigenvalue weighted by molar-refractivity contribution is 7.47. The first kappa shape index (κ1) is 49.5. The van der Waals surface area contributed by atoms with Crippen molar-refractivity contribution < 1.29 is 37.6 Å². The van der Waals surface area contributed by atoms with Crippen LogP contribution in [-0.4, -0.2) is 49.3 Å². The van der Waals surface area contributed by atoms with Crippen LogP contribution in [0.15, 0.2) is 24.8 Å². The normalized spacial score (nSPS) is 13.3. The quantitative estimate of drug-likeness (QED) is 0.0272. The summed E-state index contributed by atoms with van der Waals surface area (Å²) in [6.45, 7) is 5.22. The minimum absolute atomic E-state index is 0.0495. The van der Waals surface area contributed by atoms with Crippen LogP contribution in [0.5, 0.6) is 0 Å². The van der Waals surface area contributed by atoms with Gasteiger partial charge < -0.3 is 20.1 Å². The fourth-order valence-corrected chi connectivity index (χ4v) is 6.63. The van der Waals surface area contributed by atoms with Crippen LogP contribution in [0.3, 0.4) is 0 Å². The van der Waals surface area contributed by atoms with Crippen molar-refractivity contribution in [1.82, 2.24) is 0 Å². The molecule has 51 heavy (non-hydrogen) atoms. The molecular weight excluding hydrogens is 665 g/mol. The molecule has 0 aromatic heterocycles. The minimum atomic E-state index is -4.38. The van der Waals surface area contributed by atoms with Gasteiger partial charge in [-0.2, -0.15) is 0 Å². The third-order valence-corrected chi connectivity index (χ3v) is 9.95. The molecule has 1 unspecified atom stereocenters. The molecule has 0 bridgehead atoms. The van der Waals surface area contributed by atoms with E-state index in [1.54, 1.807) is 0 Å². The van der Waals surface area contributed by atoms with Gasteiger partial charge in [0.15, 0.2) is 6.10 Å². The third-order valence-electron chi connectivity index (χ3n) is 8.97. The summed E-state index contributed by atoms with van der Waals surface area (Å²) in [5.74, 6) is -0.883. The third kappa shape index (κ3) is 38.0. The minimum Gasteiger partial charge on any atom is -0.462 e. The zero-order chi connectivity index (χ0) is 37.5. The number of allylic oxidation sites excluding steroid dienone is 3. The van der Waals surface area contributed by atoms with Crippen molar-refractivity contribution in [3.8, 4) is 0 Å². The summed E-state index contributed by atoms with van der Waals surface area (Å²) in [6, 6.07) is 0. The molecule has 0 rings (SSSR count). The fraction of sp³-hybridized carbons (Fsp3) is 0.854. The Morgan fingerprint density at radius 2 is 1.10 bits per heavy atom. The molecule has 300 valence electrons. The van der Waals surface area contributed by atoms with Crippen molar-refractivity contribution in [3.05, 3.63) is 24.8 Å². The second kappa shape index (κ2) is 38.2. The van der Waals surface area contributed by atoms with E-state index < -0.39 is 32.5 Å². The summed E-state index contributed by atoms with van der Waals surface area (Å²) in [4.78, 5) is 34.8. The number of unbranched alkanes of at least 4 members (excludes halogenated alkanes) is 24. The number of hydrogen-bond acceptors (Lipinski definition) is 8. The lowest BCUT2D eigenvalue weighted by molar-refractivity contribution is -0.161. The molecule has 10 heteroatoms. The van der Waals surface area contributed by atoms with Crippen molar-refractivity contribution in [1.29, 1.82) is 0 Å². The molecule has 0 amide bonds. The van der Waals surface area contributed by atoms with Gasteiger partial charge in [0.05, 0.1) is 13.2 Å². The van der Waals surface area contributed by atoms with Gasteiger partial charge in [0, 0.05) is 19.4 Å². The molecular formula is C41H78NO8P. The molecule has 0 saturated carbocycles. The average Bonchev–Trinajstić information content (AvgIpc) is 3.11. The van der Waals surface area contributed by atoms with E-state index >= 15 is 0 Å². The highest BCUT2D eigenvalue weighted by atomic mass is 31.2. The number of nitrogens with two attached hydrogens (primary N) is 1. The second-order valence-electron chi connectivity index (χ2n) is 13.9. The van der Waals surface area contributed by atoms with Crippen LogP contribution in [0.2, 0.25) is 0 Å². The van der Waals surface area contributed by atoms with E-state index in [4.69, 9.17) is 24.3 Å². The number of hydrogen-bond donors (Lipinski definition) is 2. The van der Waals surface area contributed by atoms with Crippen molar-refractivity contribution in [2.45, 2.75) is 199 Å². The number of rotatable bonds is 40. The number of carbonyl (C=O) groups excluding carboxylic acids is 2. The zero-order valence-corrected chi connectivity index (χ0v) is 33.6. The number of phosphoric ester groups is 1. The molecule has 3 N–H and O–H groups in total. The van der Waals surface area contributed by atoms with Crippen molar-refractivity contribution in [2.75, 3.05) is 26.4 Å². The Kier molecular flexibility index (Phi) is 37.1. The monoisotopic (exact) mass is 744 g/mol. The highest BCUT2D eigenvalue weighted by Gasteiger charge is 2.25. The average molecular weight is 744 g/mol. The maximum Gasteiger partial charge on any atom is 0.472 e. The van der Waals surface area contributed by atoms with Gasteiger partial charge in [-0.05, 0) is 38.5 Å². The molecule has 0 aliphatic rings. The Bertz CT molecular complexity index is 884. The molecule has 0 heterocycles. The predicted molar refractivity (Wildman–Crippen MR) is 211 cm³/mol. The first-order valence-corrected chi connectivity index (χ1v) is 22.3. The summed E-state index contributed by atoms with van der Waals surface area (Å²) < 4.78 is 32.7. The van der Waals surface area contributed by atoms with Crippen LogP contribution < -0.4 is 5.73 Å². The van der Waals surface area contributed by atoms with Crippen LogP contribution >= 0.6 is 7.82 Å². The molecule has 0 saturated heterocycles. The fourth-order valence-electron chi connectivity index (χ4n) is 5.87. The summed E-state index contributed by atoms with van der Waals surface area (Å²) in [7, 11) is -4.38. The summed E-state index contributed by atoms with van der Waals surface area (Å²) >= 11 is 0. The standard InChI is InChI=1S/C41H78NO8P/c1-3-5-7-9-11-13-15-17-19-21-23-25-27-29-31-33-40(43)47-37-39(38-49-51(45,46)48-36-35-42)50-41(44)34-32-30-28-26-24-22-20-18-16-14-12-10-8-6-4-2/h3,28,30,39H,1,4-27,29,31-38,42H2,2H3,(H,45,46)/b30-28+/t39-/m1/s1. The van der Waals surface area contributed by atoms with Crippen molar-refractivity contribution in [3.63, 3.8) is 0 Å². The molecule has 9 nitrogen and oxygen atoms in total. The smallest absolute Gasteiger partial charge is 0.462 e.